The van der Waals surface area contributed by atoms with Crippen molar-refractivity contribution in [3.05, 3.63) is 0 Å². The average molecular weight is 365 g/mol. The molecule has 4 aliphatic rings. The fraction of sp³-hybridized carbons (Fsp3) is 0.938. The van der Waals surface area contributed by atoms with E-state index in [9.17, 15) is 13.2 Å². The van der Waals surface area contributed by atoms with E-state index < -0.39 is 12.1 Å². The van der Waals surface area contributed by atoms with Crippen LogP contribution in [-0.2, 0) is 14.1 Å². The van der Waals surface area contributed by atoms with Gasteiger partial charge in [0.25, 0.3) is 0 Å². The summed E-state index contributed by atoms with van der Waals surface area (Å²) in [4.78, 5) is 8.90. The standard InChI is InChI=1S/C14H26BNO2.C2HF3O2/c1-5-6-12(16)15-17-11-8-9-7-10(13(9,2)3)14(11,4)18-15;3-2(4,5)1(6)7/h9-12H,5-8,16H2,1-4H3;(H,6,7)/t9-,10-,11+,12-,14-;/m0./s1. The number of nitrogens with two attached hydrogens (primary N) is 1. The van der Waals surface area contributed by atoms with Crippen molar-refractivity contribution in [1.82, 2.24) is 0 Å². The second-order valence-electron chi connectivity index (χ2n) is 8.09. The zero-order valence-corrected chi connectivity index (χ0v) is 15.1. The third-order valence-electron chi connectivity index (χ3n) is 6.18. The number of halogens is 3. The van der Waals surface area contributed by atoms with Crippen LogP contribution in [0.2, 0.25) is 0 Å². The van der Waals surface area contributed by atoms with Gasteiger partial charge in [0, 0.05) is 5.94 Å². The Kier molecular flexibility index (Phi) is 5.53. The second kappa shape index (κ2) is 6.74. The van der Waals surface area contributed by atoms with Gasteiger partial charge < -0.3 is 20.1 Å². The number of rotatable bonds is 3. The van der Waals surface area contributed by atoms with Crippen molar-refractivity contribution in [3.63, 3.8) is 0 Å². The summed E-state index contributed by atoms with van der Waals surface area (Å²) in [6.45, 7) is 9.17. The number of hydrogen-bond donors (Lipinski definition) is 2. The molecule has 0 radical (unpaired) electrons. The molecule has 3 saturated carbocycles. The van der Waals surface area contributed by atoms with Crippen molar-refractivity contribution in [2.45, 2.75) is 77.2 Å². The molecule has 1 aliphatic heterocycles. The molecule has 144 valence electrons. The number of alkyl halides is 3. The number of carbonyl (C=O) groups is 1. The Hall–Kier alpha value is -0.795. The average Bonchev–Trinajstić information content (AvgIpc) is 2.84. The van der Waals surface area contributed by atoms with Crippen molar-refractivity contribution >= 4 is 13.1 Å². The highest BCUT2D eigenvalue weighted by molar-refractivity contribution is 6.47. The first-order chi connectivity index (χ1) is 11.3. The normalized spacial score (nSPS) is 36.6. The molecule has 0 amide bonds. The van der Waals surface area contributed by atoms with E-state index in [-0.39, 0.29) is 24.8 Å². The first-order valence-corrected chi connectivity index (χ1v) is 8.73. The Morgan fingerprint density at radius 3 is 2.36 bits per heavy atom. The Bertz CT molecular complexity index is 516. The van der Waals surface area contributed by atoms with Gasteiger partial charge >= 0.3 is 19.3 Å². The topological polar surface area (TPSA) is 81.8 Å². The molecule has 3 aliphatic carbocycles. The molecule has 5 atom stereocenters. The maximum atomic E-state index is 10.6. The van der Waals surface area contributed by atoms with Crippen LogP contribution in [0.3, 0.4) is 0 Å². The lowest BCUT2D eigenvalue weighted by Crippen LogP contribution is -2.65. The quantitative estimate of drug-likeness (QED) is 0.752. The summed E-state index contributed by atoms with van der Waals surface area (Å²) in [6.07, 6.45) is -0.301. The van der Waals surface area contributed by atoms with Crippen LogP contribution in [-0.4, -0.2) is 42.0 Å². The molecule has 0 unspecified atom stereocenters. The summed E-state index contributed by atoms with van der Waals surface area (Å²) in [7, 11) is -0.185. The molecule has 1 heterocycles. The summed E-state index contributed by atoms with van der Waals surface area (Å²) in [5, 5.41) is 7.12. The highest BCUT2D eigenvalue weighted by Crippen LogP contribution is 2.65. The predicted molar refractivity (Wildman–Crippen MR) is 86.7 cm³/mol. The largest absolute Gasteiger partial charge is 0.490 e. The van der Waals surface area contributed by atoms with Crippen LogP contribution in [0.5, 0.6) is 0 Å². The van der Waals surface area contributed by atoms with E-state index in [1.54, 1.807) is 0 Å². The third kappa shape index (κ3) is 3.69. The van der Waals surface area contributed by atoms with Gasteiger partial charge in [-0.25, -0.2) is 4.79 Å². The Morgan fingerprint density at radius 1 is 1.36 bits per heavy atom. The van der Waals surface area contributed by atoms with E-state index in [2.05, 4.69) is 27.7 Å². The molecular weight excluding hydrogens is 338 g/mol. The van der Waals surface area contributed by atoms with Crippen LogP contribution in [0.1, 0.15) is 53.4 Å². The fourth-order valence-electron chi connectivity index (χ4n) is 4.55. The summed E-state index contributed by atoms with van der Waals surface area (Å²) in [6, 6.07) is 0. The fourth-order valence-corrected chi connectivity index (χ4v) is 4.55. The van der Waals surface area contributed by atoms with Gasteiger partial charge in [-0.3, -0.25) is 0 Å². The van der Waals surface area contributed by atoms with Gasteiger partial charge in [-0.15, -0.1) is 0 Å². The van der Waals surface area contributed by atoms with Crippen LogP contribution in [0.4, 0.5) is 13.2 Å². The molecule has 3 N–H and O–H groups in total. The summed E-state index contributed by atoms with van der Waals surface area (Å²) < 4.78 is 44.2. The van der Waals surface area contributed by atoms with Gasteiger partial charge in [0.15, 0.2) is 0 Å². The minimum absolute atomic E-state index is 0.0257. The SMILES string of the molecule is CCC[C@H](N)B1O[C@@H]2C[C@@H]3C[C@@H](C3(C)C)[C@]2(C)O1.O=C(O)C(F)(F)F. The van der Waals surface area contributed by atoms with E-state index in [1.165, 1.54) is 6.42 Å². The highest BCUT2D eigenvalue weighted by Gasteiger charge is 2.68. The molecule has 0 aromatic rings. The number of hydrogen-bond acceptors (Lipinski definition) is 4. The van der Waals surface area contributed by atoms with Gasteiger partial charge in [0.2, 0.25) is 0 Å². The minimum atomic E-state index is -5.08. The molecule has 1 saturated heterocycles. The monoisotopic (exact) mass is 365 g/mol. The van der Waals surface area contributed by atoms with Gasteiger partial charge in [0.1, 0.15) is 0 Å². The van der Waals surface area contributed by atoms with E-state index in [0.717, 1.165) is 25.2 Å². The Morgan fingerprint density at radius 2 is 1.92 bits per heavy atom. The molecule has 9 heteroatoms. The minimum Gasteiger partial charge on any atom is -0.475 e. The zero-order chi connectivity index (χ0) is 19.2. The number of carboxylic acids is 1. The Balaban J connectivity index is 0.000000277. The van der Waals surface area contributed by atoms with Crippen LogP contribution in [0, 0.1) is 17.3 Å². The molecule has 4 fully saturated rings. The van der Waals surface area contributed by atoms with Gasteiger partial charge in [0.05, 0.1) is 11.7 Å². The smallest absolute Gasteiger partial charge is 0.475 e. The lowest BCUT2D eigenvalue weighted by atomic mass is 9.43. The van der Waals surface area contributed by atoms with Crippen molar-refractivity contribution in [3.8, 4) is 0 Å². The van der Waals surface area contributed by atoms with Crippen LogP contribution in [0.15, 0.2) is 0 Å². The van der Waals surface area contributed by atoms with E-state index in [4.69, 9.17) is 24.9 Å². The molecular formula is C16H27BF3NO4. The van der Waals surface area contributed by atoms with Crippen molar-refractivity contribution in [2.24, 2.45) is 23.0 Å². The van der Waals surface area contributed by atoms with Gasteiger partial charge in [-0.1, -0.05) is 27.2 Å². The molecule has 0 aromatic carbocycles. The summed E-state index contributed by atoms with van der Waals surface area (Å²) >= 11 is 0. The van der Waals surface area contributed by atoms with Crippen LogP contribution in [0.25, 0.3) is 0 Å². The molecule has 25 heavy (non-hydrogen) atoms. The first kappa shape index (κ1) is 20.5. The van der Waals surface area contributed by atoms with E-state index >= 15 is 0 Å². The molecule has 0 aromatic heterocycles. The summed E-state index contributed by atoms with van der Waals surface area (Å²) in [5.74, 6) is -1.29. The van der Waals surface area contributed by atoms with E-state index in [1.807, 2.05) is 0 Å². The van der Waals surface area contributed by atoms with Crippen molar-refractivity contribution in [1.29, 1.82) is 0 Å². The molecule has 4 rings (SSSR count). The summed E-state index contributed by atoms with van der Waals surface area (Å²) in [5.41, 5.74) is 6.49. The second-order valence-corrected chi connectivity index (χ2v) is 8.09. The zero-order valence-electron chi connectivity index (χ0n) is 15.1. The van der Waals surface area contributed by atoms with Gasteiger partial charge in [-0.05, 0) is 43.4 Å². The lowest BCUT2D eigenvalue weighted by molar-refractivity contribution is -0.199. The first-order valence-electron chi connectivity index (χ1n) is 8.73. The van der Waals surface area contributed by atoms with Crippen LogP contribution >= 0.6 is 0 Å². The maximum absolute atomic E-state index is 10.6. The van der Waals surface area contributed by atoms with Crippen LogP contribution < -0.4 is 5.73 Å². The number of aliphatic carboxylic acids is 1. The predicted octanol–water partition coefficient (Wildman–Crippen LogP) is 3.01. The molecule has 0 spiro atoms. The third-order valence-corrected chi connectivity index (χ3v) is 6.18. The molecule has 5 nitrogen and oxygen atoms in total. The number of carboxylic acid groups (broad SMARTS) is 1. The highest BCUT2D eigenvalue weighted by atomic mass is 19.4. The van der Waals surface area contributed by atoms with E-state index in [0.29, 0.717) is 11.3 Å². The maximum Gasteiger partial charge on any atom is 0.490 e. The molecule has 2 bridgehead atoms. The van der Waals surface area contributed by atoms with Crippen molar-refractivity contribution in [2.75, 3.05) is 0 Å². The Labute approximate surface area is 146 Å². The lowest BCUT2D eigenvalue weighted by Gasteiger charge is -2.64. The van der Waals surface area contributed by atoms with Crippen molar-refractivity contribution < 1.29 is 32.4 Å². The van der Waals surface area contributed by atoms with Gasteiger partial charge in [-0.2, -0.15) is 13.2 Å².